The van der Waals surface area contributed by atoms with E-state index in [9.17, 15) is 14.0 Å². The Morgan fingerprint density at radius 2 is 1.84 bits per heavy atom. The maximum atomic E-state index is 14.2. The van der Waals surface area contributed by atoms with Crippen molar-refractivity contribution in [3.8, 4) is 10.8 Å². The van der Waals surface area contributed by atoms with Crippen molar-refractivity contribution in [3.63, 3.8) is 0 Å². The van der Waals surface area contributed by atoms with Crippen LogP contribution in [0.5, 0.6) is 0 Å². The third-order valence-electron chi connectivity index (χ3n) is 3.96. The first-order valence-corrected chi connectivity index (χ1v) is 10.7. The van der Waals surface area contributed by atoms with Crippen molar-refractivity contribution in [1.82, 2.24) is 19.9 Å². The van der Waals surface area contributed by atoms with E-state index in [1.54, 1.807) is 35.3 Å². The lowest BCUT2D eigenvalue weighted by atomic mass is 10.3. The molecule has 0 aliphatic heterocycles. The number of halogens is 1. The zero-order valence-electron chi connectivity index (χ0n) is 16.1. The van der Waals surface area contributed by atoms with Crippen molar-refractivity contribution in [2.45, 2.75) is 13.5 Å². The predicted octanol–water partition coefficient (Wildman–Crippen LogP) is 4.24. The van der Waals surface area contributed by atoms with Crippen molar-refractivity contribution < 1.29 is 18.7 Å². The number of benzene rings is 1. The molecule has 0 unspecified atom stereocenters. The first-order chi connectivity index (χ1) is 15.0. The van der Waals surface area contributed by atoms with Crippen LogP contribution in [0.3, 0.4) is 0 Å². The van der Waals surface area contributed by atoms with Gasteiger partial charge in [0.05, 0.1) is 11.4 Å². The molecule has 3 aromatic heterocycles. The number of anilines is 2. The van der Waals surface area contributed by atoms with Crippen LogP contribution < -0.4 is 4.90 Å². The molecule has 0 aliphatic carbocycles. The molecule has 156 valence electrons. The SMILES string of the molecule is CC(=O)N(c1nc(COC(=O)c2csc(-c3ncccn3)n2)cs1)c1ccccc1F. The summed E-state index contributed by atoms with van der Waals surface area (Å²) in [5.74, 6) is -1.12. The standard InChI is InChI=1S/C20H14FN5O3S2/c1-12(27)26(16-6-3-2-5-14(16)21)20-24-13(10-31-20)9-29-19(28)15-11-30-18(25-15)17-22-7-4-8-23-17/h2-8,10-11H,9H2,1H3. The fraction of sp³-hybridized carbons (Fsp3) is 0.100. The fourth-order valence-electron chi connectivity index (χ4n) is 2.60. The second kappa shape index (κ2) is 9.06. The lowest BCUT2D eigenvalue weighted by molar-refractivity contribution is -0.115. The number of para-hydroxylation sites is 1. The average molecular weight is 455 g/mol. The Bertz CT molecular complexity index is 1230. The monoisotopic (exact) mass is 455 g/mol. The minimum Gasteiger partial charge on any atom is -0.454 e. The van der Waals surface area contributed by atoms with Gasteiger partial charge in [0, 0.05) is 30.1 Å². The Morgan fingerprint density at radius 3 is 2.58 bits per heavy atom. The summed E-state index contributed by atoms with van der Waals surface area (Å²) in [6.45, 7) is 1.21. The van der Waals surface area contributed by atoms with Gasteiger partial charge in [-0.1, -0.05) is 12.1 Å². The van der Waals surface area contributed by atoms with E-state index in [1.807, 2.05) is 0 Å². The number of hydrogen-bond donors (Lipinski definition) is 0. The van der Waals surface area contributed by atoms with E-state index < -0.39 is 11.8 Å². The number of thiazole rings is 2. The number of ether oxygens (including phenoxy) is 1. The summed E-state index contributed by atoms with van der Waals surface area (Å²) in [5, 5.41) is 3.99. The molecule has 0 saturated heterocycles. The minimum atomic E-state index is -0.620. The molecule has 0 fully saturated rings. The van der Waals surface area contributed by atoms with Crippen LogP contribution in [0.25, 0.3) is 10.8 Å². The molecular weight excluding hydrogens is 441 g/mol. The van der Waals surface area contributed by atoms with Gasteiger partial charge in [0.1, 0.15) is 12.4 Å². The van der Waals surface area contributed by atoms with E-state index in [1.165, 1.54) is 41.4 Å². The van der Waals surface area contributed by atoms with Crippen LogP contribution in [0.2, 0.25) is 0 Å². The van der Waals surface area contributed by atoms with Gasteiger partial charge in [-0.15, -0.1) is 22.7 Å². The van der Waals surface area contributed by atoms with E-state index in [0.29, 0.717) is 16.5 Å². The Labute approximate surface area is 184 Å². The number of rotatable bonds is 6. The summed E-state index contributed by atoms with van der Waals surface area (Å²) in [5.41, 5.74) is 0.670. The van der Waals surface area contributed by atoms with Crippen LogP contribution in [0.15, 0.2) is 53.5 Å². The summed E-state index contributed by atoms with van der Waals surface area (Å²) >= 11 is 2.38. The third-order valence-corrected chi connectivity index (χ3v) is 5.67. The Morgan fingerprint density at radius 1 is 1.06 bits per heavy atom. The Balaban J connectivity index is 1.44. The van der Waals surface area contributed by atoms with Gasteiger partial charge in [0.15, 0.2) is 21.7 Å². The van der Waals surface area contributed by atoms with Gasteiger partial charge in [-0.25, -0.2) is 29.1 Å². The third kappa shape index (κ3) is 4.62. The highest BCUT2D eigenvalue weighted by Crippen LogP contribution is 2.31. The number of esters is 1. The maximum absolute atomic E-state index is 14.2. The van der Waals surface area contributed by atoms with Crippen molar-refractivity contribution in [2.24, 2.45) is 0 Å². The number of aromatic nitrogens is 4. The molecule has 0 aliphatic rings. The highest BCUT2D eigenvalue weighted by atomic mass is 32.1. The first kappa shape index (κ1) is 20.7. The van der Waals surface area contributed by atoms with Crippen molar-refractivity contribution in [3.05, 3.63) is 70.7 Å². The second-order valence-corrected chi connectivity index (χ2v) is 7.81. The maximum Gasteiger partial charge on any atom is 0.358 e. The summed E-state index contributed by atoms with van der Waals surface area (Å²) in [4.78, 5) is 42.3. The molecule has 0 N–H and O–H groups in total. The molecule has 3 heterocycles. The predicted molar refractivity (Wildman–Crippen MR) is 114 cm³/mol. The fourth-order valence-corrected chi connectivity index (χ4v) is 4.20. The second-order valence-electron chi connectivity index (χ2n) is 6.11. The largest absolute Gasteiger partial charge is 0.454 e. The molecule has 11 heteroatoms. The molecule has 0 atom stereocenters. The van der Waals surface area contributed by atoms with Gasteiger partial charge < -0.3 is 4.74 Å². The van der Waals surface area contributed by atoms with E-state index in [0.717, 1.165) is 11.3 Å². The smallest absolute Gasteiger partial charge is 0.358 e. The van der Waals surface area contributed by atoms with Gasteiger partial charge in [-0.3, -0.25) is 9.69 Å². The van der Waals surface area contributed by atoms with E-state index in [2.05, 4.69) is 19.9 Å². The average Bonchev–Trinajstić information content (AvgIpc) is 3.44. The molecule has 0 saturated carbocycles. The van der Waals surface area contributed by atoms with Gasteiger partial charge in [0.25, 0.3) is 0 Å². The summed E-state index contributed by atoms with van der Waals surface area (Å²) in [6, 6.07) is 7.62. The lowest BCUT2D eigenvalue weighted by Gasteiger charge is -2.18. The Kier molecular flexibility index (Phi) is 6.05. The van der Waals surface area contributed by atoms with Crippen LogP contribution in [-0.2, 0) is 16.1 Å². The quantitative estimate of drug-likeness (QED) is 0.401. The molecule has 0 spiro atoms. The number of carbonyl (C=O) groups is 2. The van der Waals surface area contributed by atoms with Crippen molar-refractivity contribution >= 4 is 45.4 Å². The number of hydrogen-bond acceptors (Lipinski definition) is 9. The zero-order chi connectivity index (χ0) is 21.8. The molecule has 4 rings (SSSR count). The molecule has 1 amide bonds. The molecule has 8 nitrogen and oxygen atoms in total. The normalized spacial score (nSPS) is 10.6. The van der Waals surface area contributed by atoms with Crippen LogP contribution in [0.1, 0.15) is 23.1 Å². The van der Waals surface area contributed by atoms with Crippen LogP contribution in [0.4, 0.5) is 15.2 Å². The molecule has 0 bridgehead atoms. The highest BCUT2D eigenvalue weighted by Gasteiger charge is 2.21. The molecular formula is C20H14FN5O3S2. The van der Waals surface area contributed by atoms with E-state index in [4.69, 9.17) is 4.74 Å². The highest BCUT2D eigenvalue weighted by molar-refractivity contribution is 7.14. The summed E-state index contributed by atoms with van der Waals surface area (Å²) in [6.07, 6.45) is 3.18. The number of amides is 1. The van der Waals surface area contributed by atoms with Crippen LogP contribution >= 0.6 is 22.7 Å². The van der Waals surface area contributed by atoms with Crippen LogP contribution in [-0.4, -0.2) is 31.8 Å². The molecule has 0 radical (unpaired) electrons. The van der Waals surface area contributed by atoms with Gasteiger partial charge in [-0.05, 0) is 18.2 Å². The first-order valence-electron chi connectivity index (χ1n) is 8.92. The minimum absolute atomic E-state index is 0.103. The zero-order valence-corrected chi connectivity index (χ0v) is 17.7. The number of nitrogens with zero attached hydrogens (tertiary/aromatic N) is 5. The van der Waals surface area contributed by atoms with E-state index >= 15 is 0 Å². The summed E-state index contributed by atoms with van der Waals surface area (Å²) in [7, 11) is 0. The van der Waals surface area contributed by atoms with Crippen LogP contribution in [0, 0.1) is 5.82 Å². The molecule has 4 aromatic rings. The van der Waals surface area contributed by atoms with Crippen molar-refractivity contribution in [1.29, 1.82) is 0 Å². The topological polar surface area (TPSA) is 98.2 Å². The molecule has 31 heavy (non-hydrogen) atoms. The van der Waals surface area contributed by atoms with Gasteiger partial charge >= 0.3 is 5.97 Å². The van der Waals surface area contributed by atoms with Crippen molar-refractivity contribution in [2.75, 3.05) is 4.90 Å². The van der Waals surface area contributed by atoms with Gasteiger partial charge in [-0.2, -0.15) is 0 Å². The number of carbonyl (C=O) groups excluding carboxylic acids is 2. The summed E-state index contributed by atoms with van der Waals surface area (Å²) < 4.78 is 19.4. The van der Waals surface area contributed by atoms with Gasteiger partial charge in [0.2, 0.25) is 5.91 Å². The Hall–Kier alpha value is -3.57. The van der Waals surface area contributed by atoms with E-state index in [-0.39, 0.29) is 29.0 Å². The molecule has 1 aromatic carbocycles. The lowest BCUT2D eigenvalue weighted by Crippen LogP contribution is -2.23.